The molecule has 0 saturated carbocycles. The molecule has 1 amide bonds. The Morgan fingerprint density at radius 2 is 2.07 bits per heavy atom. The zero-order valence-electron chi connectivity index (χ0n) is 15.1. The van der Waals surface area contributed by atoms with E-state index in [1.807, 2.05) is 36.4 Å². The predicted octanol–water partition coefficient (Wildman–Crippen LogP) is 1.91. The van der Waals surface area contributed by atoms with Crippen molar-refractivity contribution in [2.24, 2.45) is 5.92 Å². The number of hydrogen-bond acceptors (Lipinski definition) is 4. The van der Waals surface area contributed by atoms with E-state index < -0.39 is 6.10 Å². The quantitative estimate of drug-likeness (QED) is 0.744. The van der Waals surface area contributed by atoms with Crippen molar-refractivity contribution in [1.29, 1.82) is 0 Å². The van der Waals surface area contributed by atoms with Gasteiger partial charge in [0, 0.05) is 48.0 Å². The van der Waals surface area contributed by atoms with Crippen molar-refractivity contribution in [2.45, 2.75) is 19.4 Å². The number of benzene rings is 1. The molecule has 0 unspecified atom stereocenters. The normalized spacial score (nSPS) is 19.6. The van der Waals surface area contributed by atoms with Crippen LogP contribution in [0.25, 0.3) is 10.9 Å². The summed E-state index contributed by atoms with van der Waals surface area (Å²) in [5, 5.41) is 11.5. The molecule has 0 bridgehead atoms. The van der Waals surface area contributed by atoms with Crippen molar-refractivity contribution < 1.29 is 9.90 Å². The third-order valence-corrected chi connectivity index (χ3v) is 5.11. The van der Waals surface area contributed by atoms with Gasteiger partial charge in [-0.05, 0) is 25.5 Å². The van der Waals surface area contributed by atoms with Crippen molar-refractivity contribution in [2.75, 3.05) is 13.1 Å². The van der Waals surface area contributed by atoms with Gasteiger partial charge in [0.15, 0.2) is 5.43 Å². The number of aromatic nitrogens is 2. The zero-order chi connectivity index (χ0) is 19.0. The monoisotopic (exact) mass is 363 g/mol. The van der Waals surface area contributed by atoms with Crippen LogP contribution in [0.1, 0.15) is 21.7 Å². The molecule has 1 aromatic carbocycles. The van der Waals surface area contributed by atoms with E-state index in [-0.39, 0.29) is 29.4 Å². The van der Waals surface area contributed by atoms with Crippen molar-refractivity contribution in [1.82, 2.24) is 14.9 Å². The van der Waals surface area contributed by atoms with E-state index in [1.165, 1.54) is 12.3 Å². The van der Waals surface area contributed by atoms with Gasteiger partial charge < -0.3 is 15.0 Å². The summed E-state index contributed by atoms with van der Waals surface area (Å²) in [6.45, 7) is 2.40. The average molecular weight is 363 g/mol. The number of aromatic amines is 1. The molecule has 4 rings (SSSR count). The Hall–Kier alpha value is -2.99. The number of para-hydroxylation sites is 1. The lowest BCUT2D eigenvalue weighted by molar-refractivity contribution is 0.0763. The summed E-state index contributed by atoms with van der Waals surface area (Å²) >= 11 is 0. The fraction of sp³-hybridized carbons (Fsp3) is 0.286. The summed E-state index contributed by atoms with van der Waals surface area (Å²) in [6, 6.07) is 13.3. The third-order valence-electron chi connectivity index (χ3n) is 5.11. The van der Waals surface area contributed by atoms with E-state index in [1.54, 1.807) is 11.8 Å². The van der Waals surface area contributed by atoms with Gasteiger partial charge in [-0.1, -0.05) is 24.3 Å². The van der Waals surface area contributed by atoms with Crippen molar-refractivity contribution in [3.63, 3.8) is 0 Å². The van der Waals surface area contributed by atoms with Gasteiger partial charge in [-0.2, -0.15) is 0 Å². The Labute approximate surface area is 156 Å². The number of rotatable bonds is 3. The highest BCUT2D eigenvalue weighted by Gasteiger charge is 2.35. The number of aryl methyl sites for hydroxylation is 1. The standard InChI is InChI=1S/C21H21N3O3/c1-13-8-19(25)17(10-22-13)21(27)24-11-15(20(26)12-24)9-16-7-6-14-4-2-3-5-18(14)23-16/h2-8,10,15,20,26H,9,11-12H2,1H3,(H,22,25)/t15-,20-/m1/s1. The summed E-state index contributed by atoms with van der Waals surface area (Å²) in [5.74, 6) is -0.448. The molecular formula is C21H21N3O3. The number of carbonyl (C=O) groups excluding carboxylic acids is 1. The number of aliphatic hydroxyl groups is 1. The van der Waals surface area contributed by atoms with E-state index in [4.69, 9.17) is 0 Å². The van der Waals surface area contributed by atoms with Crippen molar-refractivity contribution >= 4 is 16.8 Å². The number of likely N-dealkylation sites (tertiary alicyclic amines) is 1. The average Bonchev–Trinajstić information content (AvgIpc) is 3.02. The van der Waals surface area contributed by atoms with Gasteiger partial charge in [-0.25, -0.2) is 0 Å². The van der Waals surface area contributed by atoms with Crippen LogP contribution in [0.2, 0.25) is 0 Å². The second kappa shape index (κ2) is 6.96. The lowest BCUT2D eigenvalue weighted by atomic mass is 9.99. The lowest BCUT2D eigenvalue weighted by Crippen LogP contribution is -2.33. The largest absolute Gasteiger partial charge is 0.391 e. The number of aliphatic hydroxyl groups excluding tert-OH is 1. The third kappa shape index (κ3) is 3.48. The molecule has 2 atom stereocenters. The fourth-order valence-corrected chi connectivity index (χ4v) is 3.62. The number of nitrogens with one attached hydrogen (secondary N) is 1. The number of amides is 1. The van der Waals surface area contributed by atoms with E-state index in [0.717, 1.165) is 16.6 Å². The second-order valence-electron chi connectivity index (χ2n) is 7.13. The number of nitrogens with zero attached hydrogens (tertiary/aromatic N) is 2. The first-order chi connectivity index (χ1) is 13.0. The fourth-order valence-electron chi connectivity index (χ4n) is 3.62. The molecule has 6 heteroatoms. The highest BCUT2D eigenvalue weighted by atomic mass is 16.3. The zero-order valence-corrected chi connectivity index (χ0v) is 15.1. The minimum Gasteiger partial charge on any atom is -0.391 e. The Bertz CT molecular complexity index is 1060. The van der Waals surface area contributed by atoms with Crippen LogP contribution < -0.4 is 5.43 Å². The molecular weight excluding hydrogens is 342 g/mol. The molecule has 138 valence electrons. The molecule has 2 aromatic heterocycles. The number of H-pyrrole nitrogens is 1. The number of fused-ring (bicyclic) bond motifs is 1. The van der Waals surface area contributed by atoms with Crippen LogP contribution in [0.15, 0.2) is 53.5 Å². The second-order valence-corrected chi connectivity index (χ2v) is 7.13. The first-order valence-electron chi connectivity index (χ1n) is 9.02. The van der Waals surface area contributed by atoms with Crippen LogP contribution in [-0.2, 0) is 6.42 Å². The molecule has 3 aromatic rings. The molecule has 1 fully saturated rings. The molecule has 2 N–H and O–H groups in total. The Kier molecular flexibility index (Phi) is 4.49. The molecule has 1 aliphatic rings. The maximum absolute atomic E-state index is 12.7. The van der Waals surface area contributed by atoms with Crippen LogP contribution in [0.3, 0.4) is 0 Å². The first kappa shape index (κ1) is 17.4. The van der Waals surface area contributed by atoms with Crippen LogP contribution in [0.4, 0.5) is 0 Å². The molecule has 1 saturated heterocycles. The van der Waals surface area contributed by atoms with Gasteiger partial charge in [0.25, 0.3) is 5.91 Å². The number of pyridine rings is 2. The van der Waals surface area contributed by atoms with Gasteiger partial charge in [0.1, 0.15) is 5.56 Å². The van der Waals surface area contributed by atoms with E-state index in [2.05, 4.69) is 9.97 Å². The topological polar surface area (TPSA) is 86.3 Å². The summed E-state index contributed by atoms with van der Waals surface area (Å²) in [7, 11) is 0. The molecule has 6 nitrogen and oxygen atoms in total. The van der Waals surface area contributed by atoms with Crippen molar-refractivity contribution in [3.8, 4) is 0 Å². The van der Waals surface area contributed by atoms with Gasteiger partial charge >= 0.3 is 0 Å². The molecule has 0 radical (unpaired) electrons. The summed E-state index contributed by atoms with van der Waals surface area (Å²) in [4.78, 5) is 33.9. The summed E-state index contributed by atoms with van der Waals surface area (Å²) in [5.41, 5.74) is 2.32. The maximum atomic E-state index is 12.7. The smallest absolute Gasteiger partial charge is 0.259 e. The molecule has 1 aliphatic heterocycles. The van der Waals surface area contributed by atoms with Crippen LogP contribution in [0, 0.1) is 12.8 Å². The Morgan fingerprint density at radius 1 is 1.26 bits per heavy atom. The highest BCUT2D eigenvalue weighted by Crippen LogP contribution is 2.23. The van der Waals surface area contributed by atoms with E-state index >= 15 is 0 Å². The molecule has 3 heterocycles. The predicted molar refractivity (Wildman–Crippen MR) is 103 cm³/mol. The molecule has 27 heavy (non-hydrogen) atoms. The maximum Gasteiger partial charge on any atom is 0.259 e. The Balaban J connectivity index is 1.50. The van der Waals surface area contributed by atoms with Crippen LogP contribution in [-0.4, -0.2) is 45.1 Å². The lowest BCUT2D eigenvalue weighted by Gasteiger charge is -2.16. The summed E-state index contributed by atoms with van der Waals surface area (Å²) < 4.78 is 0. The minimum atomic E-state index is -0.633. The summed E-state index contributed by atoms with van der Waals surface area (Å²) in [6.07, 6.45) is 1.40. The first-order valence-corrected chi connectivity index (χ1v) is 9.02. The van der Waals surface area contributed by atoms with Crippen molar-refractivity contribution in [3.05, 3.63) is 75.8 Å². The van der Waals surface area contributed by atoms with E-state index in [9.17, 15) is 14.7 Å². The molecule has 0 spiro atoms. The van der Waals surface area contributed by atoms with Gasteiger partial charge in [-0.3, -0.25) is 14.6 Å². The van der Waals surface area contributed by atoms with Gasteiger partial charge in [0.2, 0.25) is 0 Å². The number of carbonyl (C=O) groups is 1. The number of β-amino-alcohol motifs (C(OH)–C–C–N with tert-alkyl or cyclic N) is 1. The number of hydrogen-bond donors (Lipinski definition) is 2. The highest BCUT2D eigenvalue weighted by molar-refractivity contribution is 5.94. The molecule has 0 aliphatic carbocycles. The van der Waals surface area contributed by atoms with Crippen LogP contribution in [0.5, 0.6) is 0 Å². The van der Waals surface area contributed by atoms with Crippen LogP contribution >= 0.6 is 0 Å². The SMILES string of the molecule is Cc1cc(=O)c(C(=O)N2C[C@@H](Cc3ccc4ccccc4n3)[C@H](O)C2)c[nH]1. The Morgan fingerprint density at radius 3 is 2.89 bits per heavy atom. The van der Waals surface area contributed by atoms with Gasteiger partial charge in [-0.15, -0.1) is 0 Å². The minimum absolute atomic E-state index is 0.104. The van der Waals surface area contributed by atoms with E-state index in [0.29, 0.717) is 18.7 Å². The van der Waals surface area contributed by atoms with Gasteiger partial charge in [0.05, 0.1) is 11.6 Å².